The molecule has 0 fully saturated rings. The Morgan fingerprint density at radius 2 is 1.81 bits per heavy atom. The average molecular weight is 208 g/mol. The Hall–Kier alpha value is -1.96. The molecule has 0 atom stereocenters. The van der Waals surface area contributed by atoms with Crippen LogP contribution in [-0.4, -0.2) is 9.97 Å². The van der Waals surface area contributed by atoms with E-state index in [0.717, 1.165) is 22.8 Å². The fourth-order valence-electron chi connectivity index (χ4n) is 2.12. The summed E-state index contributed by atoms with van der Waals surface area (Å²) in [5.41, 5.74) is 3.34. The van der Waals surface area contributed by atoms with Crippen molar-refractivity contribution >= 4 is 21.8 Å². The molecule has 0 unspecified atom stereocenters. The number of nitrogens with zero attached hydrogens (tertiary/aromatic N) is 2. The van der Waals surface area contributed by atoms with Crippen molar-refractivity contribution in [1.29, 1.82) is 0 Å². The molecule has 3 aromatic rings. The second-order valence-corrected chi connectivity index (χ2v) is 3.86. The third-order valence-electron chi connectivity index (χ3n) is 2.95. The highest BCUT2D eigenvalue weighted by Gasteiger charge is 2.04. The highest BCUT2D eigenvalue weighted by molar-refractivity contribution is 6.03. The van der Waals surface area contributed by atoms with E-state index in [-0.39, 0.29) is 0 Å². The van der Waals surface area contributed by atoms with Gasteiger partial charge in [-0.15, -0.1) is 0 Å². The predicted octanol–water partition coefficient (Wildman–Crippen LogP) is 3.35. The Bertz CT molecular complexity index is 659. The number of aromatic nitrogens is 2. The molecule has 0 radical (unpaired) electrons. The molecule has 0 spiro atoms. The van der Waals surface area contributed by atoms with Crippen LogP contribution >= 0.6 is 0 Å². The number of hydrogen-bond donors (Lipinski definition) is 0. The summed E-state index contributed by atoms with van der Waals surface area (Å²) in [6.45, 7) is 2.16. The molecule has 0 aliphatic heterocycles. The number of fused-ring (bicyclic) bond motifs is 3. The first-order valence-corrected chi connectivity index (χ1v) is 5.51. The van der Waals surface area contributed by atoms with Crippen molar-refractivity contribution in [3.05, 3.63) is 48.3 Å². The van der Waals surface area contributed by atoms with Crippen LogP contribution in [0.5, 0.6) is 0 Å². The Kier molecular flexibility index (Phi) is 2.07. The lowest BCUT2D eigenvalue weighted by Crippen LogP contribution is -1.89. The maximum atomic E-state index is 4.46. The quantitative estimate of drug-likeness (QED) is 0.573. The van der Waals surface area contributed by atoms with Gasteiger partial charge in [0.2, 0.25) is 0 Å². The van der Waals surface area contributed by atoms with Crippen molar-refractivity contribution in [3.63, 3.8) is 0 Å². The van der Waals surface area contributed by atoms with Crippen LogP contribution in [0.2, 0.25) is 0 Å². The van der Waals surface area contributed by atoms with Gasteiger partial charge in [0, 0.05) is 23.2 Å². The van der Waals surface area contributed by atoms with Crippen LogP contribution in [0.4, 0.5) is 0 Å². The topological polar surface area (TPSA) is 25.8 Å². The molecule has 16 heavy (non-hydrogen) atoms. The minimum Gasteiger partial charge on any atom is -0.254 e. The summed E-state index contributed by atoms with van der Waals surface area (Å²) in [4.78, 5) is 8.88. The smallest absolute Gasteiger partial charge is 0.0967 e. The largest absolute Gasteiger partial charge is 0.254 e. The van der Waals surface area contributed by atoms with Crippen molar-refractivity contribution in [3.8, 4) is 0 Å². The highest BCUT2D eigenvalue weighted by Crippen LogP contribution is 2.24. The van der Waals surface area contributed by atoms with E-state index in [2.05, 4.69) is 41.2 Å². The second-order valence-electron chi connectivity index (χ2n) is 3.86. The number of benzene rings is 1. The van der Waals surface area contributed by atoms with Crippen LogP contribution in [0.25, 0.3) is 21.8 Å². The first kappa shape index (κ1) is 9.28. The normalized spacial score (nSPS) is 11.1. The molecule has 0 saturated heterocycles. The Balaban J connectivity index is 2.52. The molecule has 0 bridgehead atoms. The molecule has 78 valence electrons. The monoisotopic (exact) mass is 208 g/mol. The van der Waals surface area contributed by atoms with Crippen LogP contribution in [-0.2, 0) is 6.42 Å². The molecule has 1 aromatic carbocycles. The number of rotatable bonds is 1. The minimum atomic E-state index is 0.996. The summed E-state index contributed by atoms with van der Waals surface area (Å²) in [7, 11) is 0. The van der Waals surface area contributed by atoms with Crippen LogP contribution in [0.15, 0.2) is 42.7 Å². The summed E-state index contributed by atoms with van der Waals surface area (Å²) in [5.74, 6) is 0. The fraction of sp³-hybridized carbons (Fsp3) is 0.143. The predicted molar refractivity (Wildman–Crippen MR) is 66.4 cm³/mol. The maximum absolute atomic E-state index is 4.46. The lowest BCUT2D eigenvalue weighted by molar-refractivity contribution is 1.15. The first-order chi connectivity index (χ1) is 7.90. The summed E-state index contributed by atoms with van der Waals surface area (Å²) in [6, 6.07) is 10.4. The lowest BCUT2D eigenvalue weighted by atomic mass is 10.0. The van der Waals surface area contributed by atoms with Gasteiger partial charge in [0.05, 0.1) is 11.0 Å². The molecule has 2 aromatic heterocycles. The van der Waals surface area contributed by atoms with Gasteiger partial charge < -0.3 is 0 Å². The molecular formula is C14H12N2. The Morgan fingerprint density at radius 1 is 0.938 bits per heavy atom. The summed E-state index contributed by atoms with van der Waals surface area (Å²) in [5, 5.41) is 2.37. The maximum Gasteiger partial charge on any atom is 0.0967 e. The van der Waals surface area contributed by atoms with E-state index < -0.39 is 0 Å². The van der Waals surface area contributed by atoms with Gasteiger partial charge >= 0.3 is 0 Å². The number of aryl methyl sites for hydroxylation is 1. The molecule has 0 N–H and O–H groups in total. The molecule has 2 nitrogen and oxygen atoms in total. The van der Waals surface area contributed by atoms with Gasteiger partial charge in [-0.3, -0.25) is 9.97 Å². The van der Waals surface area contributed by atoms with E-state index in [9.17, 15) is 0 Å². The van der Waals surface area contributed by atoms with Gasteiger partial charge in [-0.25, -0.2) is 0 Å². The first-order valence-electron chi connectivity index (χ1n) is 5.51. The van der Waals surface area contributed by atoms with Gasteiger partial charge in [0.1, 0.15) is 0 Å². The molecule has 0 aliphatic carbocycles. The van der Waals surface area contributed by atoms with Crippen molar-refractivity contribution in [2.75, 3.05) is 0 Å². The minimum absolute atomic E-state index is 0.996. The van der Waals surface area contributed by atoms with Crippen molar-refractivity contribution in [1.82, 2.24) is 9.97 Å². The van der Waals surface area contributed by atoms with Gasteiger partial charge in [-0.1, -0.05) is 25.1 Å². The van der Waals surface area contributed by atoms with E-state index in [4.69, 9.17) is 0 Å². The zero-order chi connectivity index (χ0) is 11.0. The molecule has 0 saturated carbocycles. The molecular weight excluding hydrogens is 196 g/mol. The Morgan fingerprint density at radius 3 is 2.69 bits per heavy atom. The van der Waals surface area contributed by atoms with E-state index >= 15 is 0 Å². The Labute approximate surface area is 94.0 Å². The number of pyridine rings is 2. The van der Waals surface area contributed by atoms with Crippen LogP contribution < -0.4 is 0 Å². The van der Waals surface area contributed by atoms with Gasteiger partial charge in [0.15, 0.2) is 0 Å². The molecule has 0 amide bonds. The zero-order valence-corrected chi connectivity index (χ0v) is 9.14. The molecule has 3 rings (SSSR count). The lowest BCUT2D eigenvalue weighted by Gasteiger charge is -2.05. The summed E-state index contributed by atoms with van der Waals surface area (Å²) >= 11 is 0. The van der Waals surface area contributed by atoms with Crippen LogP contribution in [0.3, 0.4) is 0 Å². The summed E-state index contributed by atoms with van der Waals surface area (Å²) in [6.07, 6.45) is 4.72. The van der Waals surface area contributed by atoms with Gasteiger partial charge in [-0.2, -0.15) is 0 Å². The SMILES string of the molecule is CCc1ccnc2c1ccc1cccnc12. The van der Waals surface area contributed by atoms with Crippen molar-refractivity contribution < 1.29 is 0 Å². The average Bonchev–Trinajstić information content (AvgIpc) is 2.37. The molecule has 2 heterocycles. The third-order valence-corrected chi connectivity index (χ3v) is 2.95. The van der Waals surface area contributed by atoms with Gasteiger partial charge in [-0.05, 0) is 24.1 Å². The fourth-order valence-corrected chi connectivity index (χ4v) is 2.12. The standard InChI is InChI=1S/C14H12N2/c1-2-10-7-9-16-14-12(10)6-5-11-4-3-8-15-13(11)14/h3-9H,2H2,1H3. The van der Waals surface area contributed by atoms with Crippen LogP contribution in [0.1, 0.15) is 12.5 Å². The summed E-state index contributed by atoms with van der Waals surface area (Å²) < 4.78 is 0. The van der Waals surface area contributed by atoms with E-state index in [0.29, 0.717) is 0 Å². The highest BCUT2D eigenvalue weighted by atomic mass is 14.7. The van der Waals surface area contributed by atoms with E-state index in [1.807, 2.05) is 18.5 Å². The third kappa shape index (κ3) is 1.27. The second kappa shape index (κ2) is 3.56. The van der Waals surface area contributed by atoms with Crippen molar-refractivity contribution in [2.24, 2.45) is 0 Å². The molecule has 2 heteroatoms. The van der Waals surface area contributed by atoms with E-state index in [1.165, 1.54) is 10.9 Å². The molecule has 0 aliphatic rings. The number of hydrogen-bond acceptors (Lipinski definition) is 2. The van der Waals surface area contributed by atoms with Gasteiger partial charge in [0.25, 0.3) is 0 Å². The van der Waals surface area contributed by atoms with Crippen molar-refractivity contribution in [2.45, 2.75) is 13.3 Å². The van der Waals surface area contributed by atoms with E-state index in [1.54, 1.807) is 0 Å². The van der Waals surface area contributed by atoms with Crippen LogP contribution in [0, 0.1) is 0 Å². The zero-order valence-electron chi connectivity index (χ0n) is 9.14.